The van der Waals surface area contributed by atoms with Gasteiger partial charge in [-0.2, -0.15) is 0 Å². The van der Waals surface area contributed by atoms with E-state index in [1.54, 1.807) is 0 Å². The predicted octanol–water partition coefficient (Wildman–Crippen LogP) is 0.314. The fourth-order valence-corrected chi connectivity index (χ4v) is 0.769. The summed E-state index contributed by atoms with van der Waals surface area (Å²) in [4.78, 5) is 0.482. The highest BCUT2D eigenvalue weighted by atomic mass is 32.1. The lowest BCUT2D eigenvalue weighted by Gasteiger charge is -2.12. The Labute approximate surface area is 59.4 Å². The Morgan fingerprint density at radius 2 is 2.33 bits per heavy atom. The average molecular weight is 140 g/mol. The number of dihydropyridines is 1. The quantitative estimate of drug-likeness (QED) is 0.515. The molecule has 0 bridgehead atoms. The Morgan fingerprint density at radius 3 is 2.67 bits per heavy atom. The normalized spacial score (nSPS) is 23.3. The molecule has 0 aromatic carbocycles. The van der Waals surface area contributed by atoms with Crippen LogP contribution in [0.5, 0.6) is 0 Å². The van der Waals surface area contributed by atoms with Gasteiger partial charge in [-0.05, 0) is 12.3 Å². The largest absolute Gasteiger partial charge is 0.391 e. The van der Waals surface area contributed by atoms with Gasteiger partial charge in [-0.15, -0.1) is 0 Å². The van der Waals surface area contributed by atoms with E-state index in [1.807, 2.05) is 24.4 Å². The second-order valence-corrected chi connectivity index (χ2v) is 2.26. The third-order valence-electron chi connectivity index (χ3n) is 1.09. The van der Waals surface area contributed by atoms with Crippen molar-refractivity contribution in [2.75, 3.05) is 0 Å². The number of hydrogen-bond acceptors (Lipinski definition) is 2. The fourth-order valence-electron chi connectivity index (χ4n) is 0.623. The van der Waals surface area contributed by atoms with E-state index in [1.165, 1.54) is 0 Å². The number of thiocarbonyl (C=S) groups is 1. The van der Waals surface area contributed by atoms with E-state index in [0.717, 1.165) is 0 Å². The van der Waals surface area contributed by atoms with Crippen LogP contribution in [0, 0.1) is 0 Å². The molecule has 1 rings (SSSR count). The number of allylic oxidation sites excluding steroid dienone is 2. The van der Waals surface area contributed by atoms with Crippen molar-refractivity contribution in [3.8, 4) is 0 Å². The van der Waals surface area contributed by atoms with Crippen molar-refractivity contribution in [3.63, 3.8) is 0 Å². The van der Waals surface area contributed by atoms with Crippen LogP contribution in [0.1, 0.15) is 0 Å². The maximum atomic E-state index is 5.35. The van der Waals surface area contributed by atoms with Crippen LogP contribution < -0.4 is 11.1 Å². The molecular formula is C6H8N2S. The number of nitrogens with one attached hydrogen (secondary N) is 1. The van der Waals surface area contributed by atoms with Crippen molar-refractivity contribution < 1.29 is 0 Å². The summed E-state index contributed by atoms with van der Waals surface area (Å²) >= 11 is 4.75. The Bertz CT molecular complexity index is 172. The molecule has 48 valence electrons. The van der Waals surface area contributed by atoms with E-state index < -0.39 is 0 Å². The van der Waals surface area contributed by atoms with Crippen LogP contribution in [-0.2, 0) is 0 Å². The van der Waals surface area contributed by atoms with Gasteiger partial charge in [-0.25, -0.2) is 0 Å². The summed E-state index contributed by atoms with van der Waals surface area (Å²) in [7, 11) is 0. The van der Waals surface area contributed by atoms with E-state index in [4.69, 9.17) is 18.0 Å². The van der Waals surface area contributed by atoms with E-state index in [-0.39, 0.29) is 6.04 Å². The number of nitrogens with two attached hydrogens (primary N) is 1. The molecule has 2 nitrogen and oxygen atoms in total. The van der Waals surface area contributed by atoms with Gasteiger partial charge in [0.05, 0.1) is 11.0 Å². The highest BCUT2D eigenvalue weighted by Crippen LogP contribution is 1.93. The van der Waals surface area contributed by atoms with Crippen molar-refractivity contribution in [2.45, 2.75) is 6.04 Å². The first-order chi connectivity index (χ1) is 4.30. The summed E-state index contributed by atoms with van der Waals surface area (Å²) in [5.74, 6) is 0. The van der Waals surface area contributed by atoms with Gasteiger partial charge in [0.15, 0.2) is 0 Å². The minimum Gasteiger partial charge on any atom is -0.391 e. The summed E-state index contributed by atoms with van der Waals surface area (Å²) in [5.41, 5.74) is 5.35. The molecule has 1 atom stereocenters. The first-order valence-electron chi connectivity index (χ1n) is 2.69. The molecule has 0 saturated heterocycles. The molecular weight excluding hydrogens is 132 g/mol. The van der Waals surface area contributed by atoms with Gasteiger partial charge in [0, 0.05) is 0 Å². The summed E-state index contributed by atoms with van der Waals surface area (Å²) < 4.78 is 0. The zero-order valence-corrected chi connectivity index (χ0v) is 5.69. The van der Waals surface area contributed by atoms with Crippen LogP contribution in [0.15, 0.2) is 24.4 Å². The van der Waals surface area contributed by atoms with Gasteiger partial charge in [0.25, 0.3) is 0 Å². The molecule has 0 fully saturated rings. The average Bonchev–Trinajstić information content (AvgIpc) is 1.90. The summed E-state index contributed by atoms with van der Waals surface area (Å²) in [6.45, 7) is 0. The zero-order chi connectivity index (χ0) is 6.69. The molecule has 1 unspecified atom stereocenters. The lowest BCUT2D eigenvalue weighted by Crippen LogP contribution is -2.36. The van der Waals surface area contributed by atoms with Crippen molar-refractivity contribution in [1.29, 1.82) is 0 Å². The standard InChI is InChI=1S/C6H8N2S/c7-6(9)5-3-1-2-4-8-5/h1-5,8H,(H2,7,9). The van der Waals surface area contributed by atoms with Crippen molar-refractivity contribution in [2.24, 2.45) is 5.73 Å². The van der Waals surface area contributed by atoms with Crippen LogP contribution in [0.2, 0.25) is 0 Å². The monoisotopic (exact) mass is 140 g/mol. The molecule has 1 aliphatic rings. The molecule has 0 spiro atoms. The molecule has 3 N–H and O–H groups in total. The first kappa shape index (κ1) is 6.29. The van der Waals surface area contributed by atoms with Crippen molar-refractivity contribution in [1.82, 2.24) is 5.32 Å². The Hall–Kier alpha value is -0.830. The molecule has 1 heterocycles. The molecule has 0 aromatic rings. The van der Waals surface area contributed by atoms with E-state index in [2.05, 4.69) is 5.32 Å². The molecule has 0 saturated carbocycles. The van der Waals surface area contributed by atoms with Crippen LogP contribution in [-0.4, -0.2) is 11.0 Å². The first-order valence-corrected chi connectivity index (χ1v) is 3.10. The van der Waals surface area contributed by atoms with E-state index in [0.29, 0.717) is 4.99 Å². The molecule has 3 heteroatoms. The van der Waals surface area contributed by atoms with Gasteiger partial charge in [-0.3, -0.25) is 0 Å². The second kappa shape index (κ2) is 2.64. The predicted molar refractivity (Wildman–Crippen MR) is 42.0 cm³/mol. The molecule has 0 amide bonds. The fraction of sp³-hybridized carbons (Fsp3) is 0.167. The summed E-state index contributed by atoms with van der Waals surface area (Å²) in [5, 5.41) is 2.98. The number of hydrogen-bond donors (Lipinski definition) is 2. The summed E-state index contributed by atoms with van der Waals surface area (Å²) in [6, 6.07) is 0.0463. The summed E-state index contributed by atoms with van der Waals surface area (Å²) in [6.07, 6.45) is 7.56. The van der Waals surface area contributed by atoms with E-state index in [9.17, 15) is 0 Å². The lowest BCUT2D eigenvalue weighted by atomic mass is 10.2. The Kier molecular flexibility index (Phi) is 1.85. The maximum Gasteiger partial charge on any atom is 0.0994 e. The number of rotatable bonds is 1. The SMILES string of the molecule is NC(=S)C1C=CC=CN1. The van der Waals surface area contributed by atoms with Gasteiger partial charge >= 0.3 is 0 Å². The van der Waals surface area contributed by atoms with Crippen molar-refractivity contribution in [3.05, 3.63) is 24.4 Å². The maximum absolute atomic E-state index is 5.35. The Morgan fingerprint density at radius 1 is 1.56 bits per heavy atom. The smallest absolute Gasteiger partial charge is 0.0994 e. The lowest BCUT2D eigenvalue weighted by molar-refractivity contribution is 0.868. The molecule has 0 aliphatic carbocycles. The highest BCUT2D eigenvalue weighted by molar-refractivity contribution is 7.80. The van der Waals surface area contributed by atoms with Gasteiger partial charge < -0.3 is 11.1 Å². The minimum atomic E-state index is 0.0463. The van der Waals surface area contributed by atoms with Crippen LogP contribution in [0.4, 0.5) is 0 Å². The highest BCUT2D eigenvalue weighted by Gasteiger charge is 2.04. The topological polar surface area (TPSA) is 38.0 Å². The molecule has 0 aromatic heterocycles. The molecule has 1 aliphatic heterocycles. The van der Waals surface area contributed by atoms with E-state index >= 15 is 0 Å². The van der Waals surface area contributed by atoms with Gasteiger partial charge in [0.1, 0.15) is 0 Å². The second-order valence-electron chi connectivity index (χ2n) is 1.79. The third-order valence-corrected chi connectivity index (χ3v) is 1.35. The molecule has 0 radical (unpaired) electrons. The third kappa shape index (κ3) is 1.54. The Balaban J connectivity index is 2.56. The van der Waals surface area contributed by atoms with Crippen LogP contribution in [0.25, 0.3) is 0 Å². The van der Waals surface area contributed by atoms with Crippen LogP contribution in [0.3, 0.4) is 0 Å². The van der Waals surface area contributed by atoms with Crippen LogP contribution >= 0.6 is 12.2 Å². The zero-order valence-electron chi connectivity index (χ0n) is 4.87. The van der Waals surface area contributed by atoms with Gasteiger partial charge in [-0.1, -0.05) is 24.4 Å². The minimum absolute atomic E-state index is 0.0463. The van der Waals surface area contributed by atoms with Gasteiger partial charge in [0.2, 0.25) is 0 Å². The molecule has 9 heavy (non-hydrogen) atoms. The van der Waals surface area contributed by atoms with Crippen molar-refractivity contribution >= 4 is 17.2 Å².